The van der Waals surface area contributed by atoms with E-state index in [1.807, 2.05) is 6.07 Å². The third kappa shape index (κ3) is 3.35. The standard InChI is InChI=1S/C14H18BrNO3S/c15-13-7-10(6-11-2-1-5-16-11)3-4-14(13)19-12-8-20(17,18)9-12/h3-4,7,11-12,16H,1-2,5-6,8-9H2. The first-order chi connectivity index (χ1) is 9.52. The molecule has 3 rings (SSSR count). The fourth-order valence-electron chi connectivity index (χ4n) is 2.75. The lowest BCUT2D eigenvalue weighted by Crippen LogP contribution is -2.45. The van der Waals surface area contributed by atoms with Gasteiger partial charge in [0, 0.05) is 6.04 Å². The summed E-state index contributed by atoms with van der Waals surface area (Å²) in [7, 11) is -2.84. The van der Waals surface area contributed by atoms with Crippen LogP contribution < -0.4 is 10.1 Å². The highest BCUT2D eigenvalue weighted by molar-refractivity contribution is 9.10. The van der Waals surface area contributed by atoms with Crippen LogP contribution in [0.4, 0.5) is 0 Å². The number of rotatable bonds is 4. The van der Waals surface area contributed by atoms with Crippen molar-refractivity contribution < 1.29 is 13.2 Å². The van der Waals surface area contributed by atoms with E-state index in [1.165, 1.54) is 18.4 Å². The van der Waals surface area contributed by atoms with Crippen LogP contribution in [0.2, 0.25) is 0 Å². The van der Waals surface area contributed by atoms with E-state index in [1.54, 1.807) is 0 Å². The minimum atomic E-state index is -2.84. The Morgan fingerprint density at radius 1 is 1.35 bits per heavy atom. The van der Waals surface area contributed by atoms with Gasteiger partial charge in [-0.3, -0.25) is 0 Å². The van der Waals surface area contributed by atoms with Crippen molar-refractivity contribution in [3.8, 4) is 5.75 Å². The summed E-state index contributed by atoms with van der Waals surface area (Å²) < 4.78 is 28.8. The summed E-state index contributed by atoms with van der Waals surface area (Å²) in [5, 5.41) is 3.49. The van der Waals surface area contributed by atoms with Crippen LogP contribution in [-0.4, -0.2) is 38.6 Å². The molecule has 0 radical (unpaired) electrons. The average molecular weight is 360 g/mol. The van der Waals surface area contributed by atoms with Crippen molar-refractivity contribution in [1.82, 2.24) is 5.32 Å². The lowest BCUT2D eigenvalue weighted by atomic mass is 10.0. The molecule has 2 fully saturated rings. The molecule has 2 saturated heterocycles. The molecule has 4 nitrogen and oxygen atoms in total. The van der Waals surface area contributed by atoms with Gasteiger partial charge >= 0.3 is 0 Å². The van der Waals surface area contributed by atoms with Gasteiger partial charge in [-0.15, -0.1) is 0 Å². The second-order valence-electron chi connectivity index (χ2n) is 5.58. The van der Waals surface area contributed by atoms with Gasteiger partial charge in [0.2, 0.25) is 0 Å². The van der Waals surface area contributed by atoms with Crippen LogP contribution >= 0.6 is 15.9 Å². The number of sulfone groups is 1. The number of ether oxygens (including phenoxy) is 1. The van der Waals surface area contributed by atoms with E-state index in [4.69, 9.17) is 4.74 Å². The number of hydrogen-bond acceptors (Lipinski definition) is 4. The molecule has 20 heavy (non-hydrogen) atoms. The predicted octanol–water partition coefficient (Wildman–Crippen LogP) is 1.92. The van der Waals surface area contributed by atoms with E-state index >= 15 is 0 Å². The van der Waals surface area contributed by atoms with Crippen LogP contribution in [-0.2, 0) is 16.3 Å². The molecule has 110 valence electrons. The van der Waals surface area contributed by atoms with E-state index in [2.05, 4.69) is 33.4 Å². The molecule has 1 N–H and O–H groups in total. The summed E-state index contributed by atoms with van der Waals surface area (Å²) in [5.41, 5.74) is 1.27. The number of nitrogens with one attached hydrogen (secondary N) is 1. The van der Waals surface area contributed by atoms with Gasteiger partial charge < -0.3 is 10.1 Å². The smallest absolute Gasteiger partial charge is 0.157 e. The Balaban J connectivity index is 1.62. The molecule has 0 aliphatic carbocycles. The molecule has 1 unspecified atom stereocenters. The Hall–Kier alpha value is -0.590. The number of hydrogen-bond donors (Lipinski definition) is 1. The molecule has 0 saturated carbocycles. The normalized spacial score (nSPS) is 25.4. The largest absolute Gasteiger partial charge is 0.487 e. The van der Waals surface area contributed by atoms with Crippen LogP contribution in [0.1, 0.15) is 18.4 Å². The molecule has 2 aliphatic heterocycles. The van der Waals surface area contributed by atoms with Gasteiger partial charge in [0.05, 0.1) is 16.0 Å². The molecule has 1 aromatic rings. The Kier molecular flexibility index (Phi) is 4.06. The van der Waals surface area contributed by atoms with E-state index in [-0.39, 0.29) is 17.6 Å². The molecule has 2 heterocycles. The first-order valence-corrected chi connectivity index (χ1v) is 9.52. The fourth-order valence-corrected chi connectivity index (χ4v) is 4.44. The minimum absolute atomic E-state index is 0.132. The van der Waals surface area contributed by atoms with Crippen LogP contribution in [0.25, 0.3) is 0 Å². The van der Waals surface area contributed by atoms with Crippen LogP contribution in [0, 0.1) is 0 Å². The summed E-state index contributed by atoms with van der Waals surface area (Å²) in [6, 6.07) is 6.64. The maximum atomic E-state index is 11.1. The second-order valence-corrected chi connectivity index (χ2v) is 8.59. The second kappa shape index (κ2) is 5.66. The van der Waals surface area contributed by atoms with E-state index in [0.29, 0.717) is 6.04 Å². The molecule has 0 amide bonds. The summed E-state index contributed by atoms with van der Waals surface area (Å²) in [6.07, 6.45) is 3.31. The van der Waals surface area contributed by atoms with Crippen molar-refractivity contribution in [3.63, 3.8) is 0 Å². The molecule has 0 aromatic heterocycles. The van der Waals surface area contributed by atoms with Crippen molar-refractivity contribution >= 4 is 25.8 Å². The Bertz CT molecular complexity index is 584. The van der Waals surface area contributed by atoms with Gasteiger partial charge in [0.1, 0.15) is 11.9 Å². The molecule has 2 aliphatic rings. The maximum Gasteiger partial charge on any atom is 0.157 e. The lowest BCUT2D eigenvalue weighted by molar-refractivity contribution is 0.229. The summed E-state index contributed by atoms with van der Waals surface area (Å²) in [6.45, 7) is 1.11. The van der Waals surface area contributed by atoms with E-state index in [0.717, 1.165) is 23.2 Å². The Morgan fingerprint density at radius 2 is 2.15 bits per heavy atom. The van der Waals surface area contributed by atoms with Gasteiger partial charge in [-0.2, -0.15) is 0 Å². The third-order valence-corrected chi connectivity index (χ3v) is 6.19. The van der Waals surface area contributed by atoms with Crippen molar-refractivity contribution in [3.05, 3.63) is 28.2 Å². The van der Waals surface area contributed by atoms with Crippen molar-refractivity contribution in [2.45, 2.75) is 31.4 Å². The van der Waals surface area contributed by atoms with Crippen LogP contribution in [0.15, 0.2) is 22.7 Å². The van der Waals surface area contributed by atoms with Crippen LogP contribution in [0.3, 0.4) is 0 Å². The molecule has 0 spiro atoms. The average Bonchev–Trinajstić information content (AvgIpc) is 2.83. The van der Waals surface area contributed by atoms with Crippen LogP contribution in [0.5, 0.6) is 5.75 Å². The van der Waals surface area contributed by atoms with E-state index < -0.39 is 9.84 Å². The van der Waals surface area contributed by atoms with Gasteiger partial charge in [0.15, 0.2) is 9.84 Å². The van der Waals surface area contributed by atoms with Gasteiger partial charge in [-0.1, -0.05) is 6.07 Å². The van der Waals surface area contributed by atoms with Gasteiger partial charge in [-0.05, 0) is 59.4 Å². The Morgan fingerprint density at radius 3 is 2.75 bits per heavy atom. The van der Waals surface area contributed by atoms with E-state index in [9.17, 15) is 8.42 Å². The molecule has 0 bridgehead atoms. The monoisotopic (exact) mass is 359 g/mol. The first kappa shape index (κ1) is 14.4. The highest BCUT2D eigenvalue weighted by Gasteiger charge is 2.35. The predicted molar refractivity (Wildman–Crippen MR) is 81.9 cm³/mol. The molecule has 1 atom stereocenters. The van der Waals surface area contributed by atoms with Gasteiger partial charge in [-0.25, -0.2) is 8.42 Å². The molecule has 6 heteroatoms. The third-order valence-electron chi connectivity index (χ3n) is 3.81. The minimum Gasteiger partial charge on any atom is -0.487 e. The Labute approximate surface area is 127 Å². The SMILES string of the molecule is O=S1(=O)CC(Oc2ccc(CC3CCCN3)cc2Br)C1. The quantitative estimate of drug-likeness (QED) is 0.892. The number of halogens is 1. The van der Waals surface area contributed by atoms with Crippen molar-refractivity contribution in [2.75, 3.05) is 18.1 Å². The topological polar surface area (TPSA) is 55.4 Å². The van der Waals surface area contributed by atoms with Gasteiger partial charge in [0.25, 0.3) is 0 Å². The lowest BCUT2D eigenvalue weighted by Gasteiger charge is -2.27. The maximum absolute atomic E-state index is 11.1. The zero-order valence-corrected chi connectivity index (χ0v) is 13.5. The molecular formula is C14H18BrNO3S. The summed E-state index contributed by atoms with van der Waals surface area (Å²) in [4.78, 5) is 0. The zero-order chi connectivity index (χ0) is 14.2. The van der Waals surface area contributed by atoms with Crippen molar-refractivity contribution in [1.29, 1.82) is 0 Å². The summed E-state index contributed by atoms with van der Waals surface area (Å²) in [5.74, 6) is 0.994. The zero-order valence-electron chi connectivity index (χ0n) is 11.1. The molecular weight excluding hydrogens is 342 g/mol. The summed E-state index contributed by atoms with van der Waals surface area (Å²) >= 11 is 3.51. The molecule has 1 aromatic carbocycles. The highest BCUT2D eigenvalue weighted by atomic mass is 79.9. The number of benzene rings is 1. The van der Waals surface area contributed by atoms with Crippen molar-refractivity contribution in [2.24, 2.45) is 0 Å². The highest BCUT2D eigenvalue weighted by Crippen LogP contribution is 2.29. The first-order valence-electron chi connectivity index (χ1n) is 6.91. The fraction of sp³-hybridized carbons (Fsp3) is 0.571.